The number of hydrogen-bond donors (Lipinski definition) is 1. The summed E-state index contributed by atoms with van der Waals surface area (Å²) in [6.07, 6.45) is 2.77. The lowest BCUT2D eigenvalue weighted by Crippen LogP contribution is -2.14. The number of nitro groups is 2. The molecule has 0 aliphatic heterocycles. The van der Waals surface area contributed by atoms with E-state index in [9.17, 15) is 25.0 Å². The Morgan fingerprint density at radius 3 is 2.00 bits per heavy atom. The normalized spacial score (nSPS) is 10.0. The third kappa shape index (κ3) is 3.58. The van der Waals surface area contributed by atoms with Gasteiger partial charge < -0.3 is 0 Å². The molecule has 11 heteroatoms. The third-order valence-corrected chi connectivity index (χ3v) is 2.84. The van der Waals surface area contributed by atoms with Gasteiger partial charge in [-0.05, 0) is 15.9 Å². The molecule has 0 radical (unpaired) electrons. The van der Waals surface area contributed by atoms with Crippen LogP contribution in [0.15, 0.2) is 35.1 Å². The first-order chi connectivity index (χ1) is 10.4. The van der Waals surface area contributed by atoms with E-state index < -0.39 is 27.1 Å². The molecule has 0 bridgehead atoms. The number of halogens is 1. The Kier molecular flexibility index (Phi) is 4.36. The van der Waals surface area contributed by atoms with Gasteiger partial charge >= 0.3 is 0 Å². The Labute approximate surface area is 130 Å². The zero-order valence-corrected chi connectivity index (χ0v) is 12.2. The van der Waals surface area contributed by atoms with Crippen molar-refractivity contribution < 1.29 is 14.6 Å². The molecule has 1 heterocycles. The topological polar surface area (TPSA) is 141 Å². The first-order valence-electron chi connectivity index (χ1n) is 5.59. The summed E-state index contributed by atoms with van der Waals surface area (Å²) in [5.74, 6) is -0.837. The second-order valence-corrected chi connectivity index (χ2v) is 4.85. The first-order valence-corrected chi connectivity index (χ1v) is 6.39. The molecule has 0 unspecified atom stereocenters. The number of amides is 1. The molecule has 2 rings (SSSR count). The lowest BCUT2D eigenvalue weighted by Gasteiger charge is -2.03. The Hall–Kier alpha value is -2.95. The SMILES string of the molecule is O=C(Nc1ncc(Br)cn1)c1cc([N+](=O)[O-])cc([N+](=O)[O-])c1. The summed E-state index contributed by atoms with van der Waals surface area (Å²) in [5.41, 5.74) is -1.36. The maximum Gasteiger partial charge on any atom is 0.277 e. The molecule has 0 saturated heterocycles. The van der Waals surface area contributed by atoms with Crippen LogP contribution in [0.3, 0.4) is 0 Å². The number of nitro benzene ring substituents is 2. The van der Waals surface area contributed by atoms with E-state index in [2.05, 4.69) is 31.2 Å². The van der Waals surface area contributed by atoms with Crippen LogP contribution in [0.25, 0.3) is 0 Å². The van der Waals surface area contributed by atoms with Gasteiger partial charge in [0, 0.05) is 24.5 Å². The second kappa shape index (κ2) is 6.22. The molecule has 0 fully saturated rings. The Balaban J connectivity index is 2.34. The predicted molar refractivity (Wildman–Crippen MR) is 77.4 cm³/mol. The molecule has 0 aliphatic rings. The number of rotatable bonds is 4. The van der Waals surface area contributed by atoms with Gasteiger partial charge in [0.15, 0.2) is 0 Å². The molecule has 1 aromatic heterocycles. The van der Waals surface area contributed by atoms with Gasteiger partial charge in [0.2, 0.25) is 5.95 Å². The maximum absolute atomic E-state index is 12.0. The van der Waals surface area contributed by atoms with Crippen LogP contribution in [0, 0.1) is 20.2 Å². The summed E-state index contributed by atoms with van der Waals surface area (Å²) in [7, 11) is 0. The van der Waals surface area contributed by atoms with Crippen LogP contribution >= 0.6 is 15.9 Å². The van der Waals surface area contributed by atoms with E-state index in [0.717, 1.165) is 18.2 Å². The molecule has 0 spiro atoms. The molecule has 2 aromatic rings. The van der Waals surface area contributed by atoms with E-state index in [1.165, 1.54) is 12.4 Å². The van der Waals surface area contributed by atoms with Crippen LogP contribution in [-0.4, -0.2) is 25.7 Å². The van der Waals surface area contributed by atoms with E-state index in [-0.39, 0.29) is 11.5 Å². The van der Waals surface area contributed by atoms with Crippen LogP contribution in [0.1, 0.15) is 10.4 Å². The van der Waals surface area contributed by atoms with Crippen molar-refractivity contribution in [1.82, 2.24) is 9.97 Å². The zero-order chi connectivity index (χ0) is 16.3. The average Bonchev–Trinajstić information content (AvgIpc) is 2.49. The highest BCUT2D eigenvalue weighted by atomic mass is 79.9. The number of anilines is 1. The van der Waals surface area contributed by atoms with Gasteiger partial charge in [-0.15, -0.1) is 0 Å². The van der Waals surface area contributed by atoms with Gasteiger partial charge in [-0.1, -0.05) is 0 Å². The molecular formula is C11H6BrN5O5. The minimum absolute atomic E-state index is 0.0395. The number of aromatic nitrogens is 2. The van der Waals surface area contributed by atoms with Crippen molar-refractivity contribution in [1.29, 1.82) is 0 Å². The highest BCUT2D eigenvalue weighted by Gasteiger charge is 2.20. The van der Waals surface area contributed by atoms with Crippen molar-refractivity contribution in [3.63, 3.8) is 0 Å². The largest absolute Gasteiger partial charge is 0.290 e. The van der Waals surface area contributed by atoms with Gasteiger partial charge in [0.05, 0.1) is 25.9 Å². The Bertz CT molecular complexity index is 732. The summed E-state index contributed by atoms with van der Waals surface area (Å²) >= 11 is 3.12. The number of nitrogens with one attached hydrogen (secondary N) is 1. The van der Waals surface area contributed by atoms with Crippen molar-refractivity contribution in [2.24, 2.45) is 0 Å². The Morgan fingerprint density at radius 1 is 1.05 bits per heavy atom. The van der Waals surface area contributed by atoms with Crippen molar-refractivity contribution in [2.45, 2.75) is 0 Å². The van der Waals surface area contributed by atoms with E-state index in [1.54, 1.807) is 0 Å². The van der Waals surface area contributed by atoms with E-state index >= 15 is 0 Å². The van der Waals surface area contributed by atoms with Gasteiger partial charge in [-0.2, -0.15) is 0 Å². The fourth-order valence-electron chi connectivity index (χ4n) is 1.49. The fourth-order valence-corrected chi connectivity index (χ4v) is 1.69. The minimum atomic E-state index is -0.820. The van der Waals surface area contributed by atoms with Crippen molar-refractivity contribution in [3.05, 3.63) is 60.9 Å². The predicted octanol–water partition coefficient (Wildman–Crippen LogP) is 2.31. The summed E-state index contributed by atoms with van der Waals surface area (Å²) in [6, 6.07) is 2.63. The molecule has 1 amide bonds. The summed E-state index contributed by atoms with van der Waals surface area (Å²) in [6.45, 7) is 0. The van der Waals surface area contributed by atoms with Crippen LogP contribution in [0.2, 0.25) is 0 Å². The molecule has 112 valence electrons. The summed E-state index contributed by atoms with van der Waals surface area (Å²) < 4.78 is 0.594. The fraction of sp³-hybridized carbons (Fsp3) is 0. The van der Waals surface area contributed by atoms with Crippen LogP contribution < -0.4 is 5.32 Å². The quantitative estimate of drug-likeness (QED) is 0.645. The number of non-ortho nitro benzene ring substituents is 2. The molecular weight excluding hydrogens is 362 g/mol. The average molecular weight is 368 g/mol. The molecule has 0 atom stereocenters. The van der Waals surface area contributed by atoms with Crippen molar-refractivity contribution in [3.8, 4) is 0 Å². The monoisotopic (exact) mass is 367 g/mol. The van der Waals surface area contributed by atoms with Gasteiger partial charge in [0.1, 0.15) is 0 Å². The lowest BCUT2D eigenvalue weighted by atomic mass is 10.1. The molecule has 10 nitrogen and oxygen atoms in total. The van der Waals surface area contributed by atoms with Crippen LogP contribution in [0.4, 0.5) is 17.3 Å². The van der Waals surface area contributed by atoms with Gasteiger partial charge in [0.25, 0.3) is 17.3 Å². The van der Waals surface area contributed by atoms with Gasteiger partial charge in [-0.25, -0.2) is 9.97 Å². The molecule has 0 aliphatic carbocycles. The zero-order valence-electron chi connectivity index (χ0n) is 10.6. The van der Waals surface area contributed by atoms with Crippen molar-refractivity contribution >= 4 is 39.2 Å². The highest BCUT2D eigenvalue weighted by molar-refractivity contribution is 9.10. The Morgan fingerprint density at radius 2 is 1.55 bits per heavy atom. The minimum Gasteiger partial charge on any atom is -0.290 e. The number of carbonyl (C=O) groups is 1. The summed E-state index contributed by atoms with van der Waals surface area (Å²) in [5, 5.41) is 23.8. The molecule has 22 heavy (non-hydrogen) atoms. The number of carbonyl (C=O) groups excluding carboxylic acids is 1. The first kappa shape index (κ1) is 15.4. The highest BCUT2D eigenvalue weighted by Crippen LogP contribution is 2.23. The van der Waals surface area contributed by atoms with Crippen LogP contribution in [0.5, 0.6) is 0 Å². The number of nitrogens with zero attached hydrogens (tertiary/aromatic N) is 4. The van der Waals surface area contributed by atoms with Crippen molar-refractivity contribution in [2.75, 3.05) is 5.32 Å². The molecule has 1 aromatic carbocycles. The van der Waals surface area contributed by atoms with Gasteiger partial charge in [-0.3, -0.25) is 30.3 Å². The van der Waals surface area contributed by atoms with Crippen LogP contribution in [-0.2, 0) is 0 Å². The smallest absolute Gasteiger partial charge is 0.277 e. The number of benzene rings is 1. The third-order valence-electron chi connectivity index (χ3n) is 2.43. The molecule has 0 saturated carbocycles. The molecule has 1 N–H and O–H groups in total. The standard InChI is InChI=1S/C11H6BrN5O5/c12-7-4-13-11(14-5-7)15-10(18)6-1-8(16(19)20)3-9(2-6)17(21)22/h1-5H,(H,13,14,15,18). The van der Waals surface area contributed by atoms with E-state index in [0.29, 0.717) is 4.47 Å². The summed E-state index contributed by atoms with van der Waals surface area (Å²) in [4.78, 5) is 39.5. The second-order valence-electron chi connectivity index (χ2n) is 3.93. The lowest BCUT2D eigenvalue weighted by molar-refractivity contribution is -0.394. The van der Waals surface area contributed by atoms with E-state index in [1.807, 2.05) is 0 Å². The number of hydrogen-bond acceptors (Lipinski definition) is 7. The van der Waals surface area contributed by atoms with E-state index in [4.69, 9.17) is 0 Å². The maximum atomic E-state index is 12.0.